The summed E-state index contributed by atoms with van der Waals surface area (Å²) in [5.41, 5.74) is 3.03. The van der Waals surface area contributed by atoms with Crippen LogP contribution in [0.5, 0.6) is 5.75 Å². The molecule has 0 radical (unpaired) electrons. The fourth-order valence-electron chi connectivity index (χ4n) is 4.20. The normalized spacial score (nSPS) is 10.4. The molecule has 1 nitrogen and oxygen atoms in total. The molecule has 0 unspecified atom stereocenters. The smallest absolute Gasteiger partial charge is 0.126 e. The second kappa shape index (κ2) is 10.8. The lowest BCUT2D eigenvalue weighted by Crippen LogP contribution is -1.83. The van der Waals surface area contributed by atoms with Crippen molar-refractivity contribution < 1.29 is 9.50 Å². The van der Waals surface area contributed by atoms with Gasteiger partial charge in [-0.25, -0.2) is 4.39 Å². The molecule has 1 N–H and O–H groups in total. The van der Waals surface area contributed by atoms with Gasteiger partial charge in [0.2, 0.25) is 0 Å². The number of hydrogen-bond acceptors (Lipinski definition) is 1. The molecule has 35 heavy (non-hydrogen) atoms. The third-order valence-corrected chi connectivity index (χ3v) is 6.31. The average Bonchev–Trinajstić information content (AvgIpc) is 2.90. The van der Waals surface area contributed by atoms with Gasteiger partial charge in [-0.15, -0.1) is 0 Å². The van der Waals surface area contributed by atoms with Gasteiger partial charge in [0.05, 0.1) is 0 Å². The lowest BCUT2D eigenvalue weighted by molar-refractivity contribution is 0.472. The van der Waals surface area contributed by atoms with Crippen LogP contribution in [0.3, 0.4) is 0 Å². The first-order valence-corrected chi connectivity index (χ1v) is 11.7. The number of rotatable bonds is 0. The zero-order chi connectivity index (χ0) is 24.8. The van der Waals surface area contributed by atoms with Crippen molar-refractivity contribution in [2.24, 2.45) is 0 Å². The molecule has 0 saturated heterocycles. The second-order valence-electron chi connectivity index (χ2n) is 8.62. The monoisotopic (exact) mass is 460 g/mol. The van der Waals surface area contributed by atoms with E-state index in [0.717, 1.165) is 27.3 Å². The molecule has 0 aliphatic rings. The van der Waals surface area contributed by atoms with E-state index in [4.69, 9.17) is 0 Å². The second-order valence-corrected chi connectivity index (χ2v) is 8.62. The lowest BCUT2D eigenvalue weighted by atomic mass is 10.1. The highest BCUT2D eigenvalue weighted by molar-refractivity contribution is 5.87. The van der Waals surface area contributed by atoms with E-state index >= 15 is 0 Å². The minimum atomic E-state index is -0.131. The zero-order valence-electron chi connectivity index (χ0n) is 20.3. The van der Waals surface area contributed by atoms with Crippen LogP contribution >= 0.6 is 0 Å². The van der Waals surface area contributed by atoms with Crippen LogP contribution in [0.4, 0.5) is 4.39 Å². The number of hydrogen-bond donors (Lipinski definition) is 1. The Bertz CT molecular complexity index is 1510. The van der Waals surface area contributed by atoms with Crippen molar-refractivity contribution in [1.29, 1.82) is 0 Å². The van der Waals surface area contributed by atoms with E-state index in [1.807, 2.05) is 61.5 Å². The first kappa shape index (κ1) is 24.0. The molecule has 6 rings (SSSR count). The lowest BCUT2D eigenvalue weighted by Gasteiger charge is -2.02. The molecule has 0 atom stereocenters. The van der Waals surface area contributed by atoms with Crippen LogP contribution in [-0.4, -0.2) is 5.11 Å². The van der Waals surface area contributed by atoms with Crippen LogP contribution < -0.4 is 0 Å². The number of phenolic OH excluding ortho intramolecular Hbond substituents is 1. The van der Waals surface area contributed by atoms with Gasteiger partial charge in [0.15, 0.2) is 0 Å². The summed E-state index contributed by atoms with van der Waals surface area (Å²) in [4.78, 5) is 0. The van der Waals surface area contributed by atoms with E-state index < -0.39 is 0 Å². The Morgan fingerprint density at radius 3 is 1.51 bits per heavy atom. The summed E-state index contributed by atoms with van der Waals surface area (Å²) in [6, 6.07) is 37.7. The van der Waals surface area contributed by atoms with Gasteiger partial charge in [-0.3, -0.25) is 0 Å². The maximum absolute atomic E-state index is 13.0. The number of aryl methyl sites for hydroxylation is 3. The topological polar surface area (TPSA) is 20.2 Å². The highest BCUT2D eigenvalue weighted by Crippen LogP contribution is 2.25. The molecule has 0 bridgehead atoms. The molecule has 174 valence electrons. The van der Waals surface area contributed by atoms with Gasteiger partial charge in [-0.1, -0.05) is 103 Å². The molecular weight excluding hydrogens is 431 g/mol. The highest BCUT2D eigenvalue weighted by atomic mass is 19.1. The Hall–Kier alpha value is -4.17. The van der Waals surface area contributed by atoms with Crippen LogP contribution in [-0.2, 0) is 0 Å². The van der Waals surface area contributed by atoms with E-state index in [0.29, 0.717) is 5.75 Å². The number of halogens is 1. The van der Waals surface area contributed by atoms with Crippen molar-refractivity contribution in [3.05, 3.63) is 138 Å². The summed E-state index contributed by atoms with van der Waals surface area (Å²) >= 11 is 0. The average molecular weight is 461 g/mol. The van der Waals surface area contributed by atoms with E-state index in [2.05, 4.69) is 49.4 Å². The van der Waals surface area contributed by atoms with Gasteiger partial charge in [-0.05, 0) is 81.9 Å². The van der Waals surface area contributed by atoms with E-state index in [-0.39, 0.29) is 5.82 Å². The SMILES string of the molecule is Cc1c(F)ccc2ccccc12.Cc1c(O)ccc2ccccc12.Cc1cccc2ccccc12. The first-order chi connectivity index (χ1) is 17.0. The van der Waals surface area contributed by atoms with E-state index in [1.165, 1.54) is 27.8 Å². The van der Waals surface area contributed by atoms with Crippen molar-refractivity contribution in [2.75, 3.05) is 0 Å². The van der Waals surface area contributed by atoms with Crippen LogP contribution in [0.2, 0.25) is 0 Å². The molecule has 6 aromatic carbocycles. The Balaban J connectivity index is 0.000000124. The number of phenols is 1. The molecule has 0 amide bonds. The van der Waals surface area contributed by atoms with Crippen LogP contribution in [0, 0.1) is 26.6 Å². The van der Waals surface area contributed by atoms with Crippen LogP contribution in [0.1, 0.15) is 16.7 Å². The van der Waals surface area contributed by atoms with Gasteiger partial charge in [0, 0.05) is 0 Å². The maximum atomic E-state index is 13.0. The molecule has 6 aromatic rings. The predicted octanol–water partition coefficient (Wildman–Crippen LogP) is 9.29. The number of benzene rings is 6. The molecular formula is C33H29FO. The summed E-state index contributed by atoms with van der Waals surface area (Å²) in [7, 11) is 0. The molecule has 0 heterocycles. The van der Waals surface area contributed by atoms with Crippen molar-refractivity contribution in [3.63, 3.8) is 0 Å². The molecule has 0 aliphatic carbocycles. The van der Waals surface area contributed by atoms with Gasteiger partial charge in [-0.2, -0.15) is 0 Å². The first-order valence-electron chi connectivity index (χ1n) is 11.7. The summed E-state index contributed by atoms with van der Waals surface area (Å²) in [5, 5.41) is 16.5. The minimum Gasteiger partial charge on any atom is -0.508 e. The van der Waals surface area contributed by atoms with Gasteiger partial charge < -0.3 is 5.11 Å². The summed E-state index contributed by atoms with van der Waals surface area (Å²) in [6.07, 6.45) is 0. The van der Waals surface area contributed by atoms with Crippen molar-refractivity contribution in [1.82, 2.24) is 0 Å². The fourth-order valence-corrected chi connectivity index (χ4v) is 4.20. The zero-order valence-corrected chi connectivity index (χ0v) is 20.3. The Kier molecular flexibility index (Phi) is 7.42. The Morgan fingerprint density at radius 1 is 0.457 bits per heavy atom. The van der Waals surface area contributed by atoms with Gasteiger partial charge >= 0.3 is 0 Å². The van der Waals surface area contributed by atoms with Gasteiger partial charge in [0.1, 0.15) is 11.6 Å². The molecule has 0 aromatic heterocycles. The molecule has 2 heteroatoms. The van der Waals surface area contributed by atoms with Crippen LogP contribution in [0.15, 0.2) is 115 Å². The van der Waals surface area contributed by atoms with Crippen molar-refractivity contribution in [3.8, 4) is 5.75 Å². The Labute approximate surface area is 206 Å². The molecule has 0 saturated carbocycles. The van der Waals surface area contributed by atoms with E-state index in [9.17, 15) is 9.50 Å². The highest BCUT2D eigenvalue weighted by Gasteiger charge is 2.01. The molecule has 0 fully saturated rings. The van der Waals surface area contributed by atoms with Crippen molar-refractivity contribution in [2.45, 2.75) is 20.8 Å². The number of fused-ring (bicyclic) bond motifs is 3. The summed E-state index contributed by atoms with van der Waals surface area (Å²) < 4.78 is 13.0. The third-order valence-electron chi connectivity index (χ3n) is 6.31. The summed E-state index contributed by atoms with van der Waals surface area (Å²) in [5.74, 6) is 0.238. The Morgan fingerprint density at radius 2 is 0.914 bits per heavy atom. The molecule has 0 aliphatic heterocycles. The quantitative estimate of drug-likeness (QED) is 0.239. The predicted molar refractivity (Wildman–Crippen MR) is 148 cm³/mol. The van der Waals surface area contributed by atoms with Gasteiger partial charge in [0.25, 0.3) is 0 Å². The fraction of sp³-hybridized carbons (Fsp3) is 0.0909. The third kappa shape index (κ3) is 5.50. The minimum absolute atomic E-state index is 0.131. The van der Waals surface area contributed by atoms with Crippen molar-refractivity contribution >= 4 is 32.3 Å². The van der Waals surface area contributed by atoms with Crippen LogP contribution in [0.25, 0.3) is 32.3 Å². The standard InChI is InChI=1S/C11H9F.C11H10O.C11H10/c2*1-8-10-5-3-2-4-9(10)6-7-11(8)12;1-9-5-4-7-10-6-2-3-8-11(9)10/h2-7H,1H3;2-7,12H,1H3;2-8H,1H3. The number of aromatic hydroxyl groups is 1. The molecule has 0 spiro atoms. The summed E-state index contributed by atoms with van der Waals surface area (Å²) in [6.45, 7) is 5.87. The largest absolute Gasteiger partial charge is 0.508 e. The van der Waals surface area contributed by atoms with E-state index in [1.54, 1.807) is 19.1 Å². The maximum Gasteiger partial charge on any atom is 0.126 e.